The summed E-state index contributed by atoms with van der Waals surface area (Å²) >= 11 is 0. The fraction of sp³-hybridized carbons (Fsp3) is 0.381. The summed E-state index contributed by atoms with van der Waals surface area (Å²) in [5.74, 6) is 1.28. The normalized spacial score (nSPS) is 15.1. The molecule has 0 fully saturated rings. The van der Waals surface area contributed by atoms with Crippen LogP contribution in [0.25, 0.3) is 0 Å². The summed E-state index contributed by atoms with van der Waals surface area (Å²) < 4.78 is 24.3. The molecule has 0 radical (unpaired) electrons. The van der Waals surface area contributed by atoms with Gasteiger partial charge in [0, 0.05) is 0 Å². The Labute approximate surface area is 158 Å². The van der Waals surface area contributed by atoms with Crippen LogP contribution in [0.3, 0.4) is 0 Å². The Kier molecular flexibility index (Phi) is 5.84. The molecule has 6 heteroatoms. The van der Waals surface area contributed by atoms with Gasteiger partial charge in [-0.3, -0.25) is 0 Å². The molecular formula is C21H25FN2O3. The molecule has 2 atom stereocenters. The lowest BCUT2D eigenvalue weighted by Gasteiger charge is -2.25. The lowest BCUT2D eigenvalue weighted by atomic mass is 9.96. The van der Waals surface area contributed by atoms with E-state index in [-0.39, 0.29) is 29.8 Å². The van der Waals surface area contributed by atoms with Gasteiger partial charge in [-0.25, -0.2) is 9.18 Å². The van der Waals surface area contributed by atoms with Crippen LogP contribution in [0.2, 0.25) is 0 Å². The molecule has 0 saturated heterocycles. The van der Waals surface area contributed by atoms with Gasteiger partial charge in [0.05, 0.1) is 12.1 Å². The monoisotopic (exact) mass is 372 g/mol. The first-order valence-corrected chi connectivity index (χ1v) is 9.16. The zero-order valence-electron chi connectivity index (χ0n) is 15.8. The van der Waals surface area contributed by atoms with Crippen molar-refractivity contribution in [2.24, 2.45) is 5.92 Å². The standard InChI is InChI=1S/C21H25FN2O3/c1-13(2)20(15-4-7-17(22)8-5-15)24-21(25)23-14(3)16-6-9-18-19(12-16)27-11-10-26-18/h4-9,12-14,20H,10-11H2,1-3H3,(H2,23,24,25)/t14-,20+/m1/s1. The second kappa shape index (κ2) is 8.29. The van der Waals surface area contributed by atoms with E-state index in [0.29, 0.717) is 19.0 Å². The maximum Gasteiger partial charge on any atom is 0.315 e. The predicted octanol–water partition coefficient (Wildman–Crippen LogP) is 4.35. The molecule has 2 aromatic rings. The Morgan fingerprint density at radius 1 is 0.926 bits per heavy atom. The van der Waals surface area contributed by atoms with Crippen LogP contribution in [0.5, 0.6) is 11.5 Å². The summed E-state index contributed by atoms with van der Waals surface area (Å²) in [5.41, 5.74) is 1.80. The van der Waals surface area contributed by atoms with Crippen LogP contribution in [0.4, 0.5) is 9.18 Å². The average Bonchev–Trinajstić information content (AvgIpc) is 2.66. The molecule has 2 amide bonds. The SMILES string of the molecule is CC(C)[C@H](NC(=O)N[C@H](C)c1ccc2c(c1)OCCO2)c1ccc(F)cc1. The number of rotatable bonds is 5. The molecule has 0 unspecified atom stereocenters. The molecule has 1 aliphatic heterocycles. The van der Waals surface area contributed by atoms with E-state index in [9.17, 15) is 9.18 Å². The van der Waals surface area contributed by atoms with Crippen molar-refractivity contribution in [3.8, 4) is 11.5 Å². The van der Waals surface area contributed by atoms with Crippen LogP contribution < -0.4 is 20.1 Å². The highest BCUT2D eigenvalue weighted by Gasteiger charge is 2.20. The first-order chi connectivity index (χ1) is 12.9. The van der Waals surface area contributed by atoms with Crippen LogP contribution in [0, 0.1) is 11.7 Å². The van der Waals surface area contributed by atoms with E-state index in [4.69, 9.17) is 9.47 Å². The number of hydrogen-bond donors (Lipinski definition) is 2. The lowest BCUT2D eigenvalue weighted by Crippen LogP contribution is -2.40. The summed E-state index contributed by atoms with van der Waals surface area (Å²) in [6.45, 7) is 7.00. The number of fused-ring (bicyclic) bond motifs is 1. The molecule has 2 N–H and O–H groups in total. The maximum atomic E-state index is 13.2. The maximum absolute atomic E-state index is 13.2. The van der Waals surface area contributed by atoms with Crippen LogP contribution in [-0.2, 0) is 0 Å². The molecule has 5 nitrogen and oxygen atoms in total. The third-order valence-corrected chi connectivity index (χ3v) is 4.60. The number of halogens is 1. The molecule has 0 aromatic heterocycles. The highest BCUT2D eigenvalue weighted by molar-refractivity contribution is 5.75. The fourth-order valence-corrected chi connectivity index (χ4v) is 3.10. The van der Waals surface area contributed by atoms with Crippen LogP contribution in [0.15, 0.2) is 42.5 Å². The predicted molar refractivity (Wildman–Crippen MR) is 101 cm³/mol. The second-order valence-electron chi connectivity index (χ2n) is 7.02. The Morgan fingerprint density at radius 2 is 1.56 bits per heavy atom. The summed E-state index contributed by atoms with van der Waals surface area (Å²) in [6.07, 6.45) is 0. The van der Waals surface area contributed by atoms with Gasteiger partial charge in [-0.05, 0) is 48.2 Å². The van der Waals surface area contributed by atoms with Crippen molar-refractivity contribution in [1.82, 2.24) is 10.6 Å². The molecule has 27 heavy (non-hydrogen) atoms. The molecule has 2 aromatic carbocycles. The quantitative estimate of drug-likeness (QED) is 0.820. The van der Waals surface area contributed by atoms with E-state index in [1.807, 2.05) is 39.0 Å². The number of carbonyl (C=O) groups is 1. The Morgan fingerprint density at radius 3 is 2.22 bits per heavy atom. The Hall–Kier alpha value is -2.76. The van der Waals surface area contributed by atoms with E-state index in [1.54, 1.807) is 12.1 Å². The third kappa shape index (κ3) is 4.70. The lowest BCUT2D eigenvalue weighted by molar-refractivity contribution is 0.171. The van der Waals surface area contributed by atoms with Crippen molar-refractivity contribution < 1.29 is 18.7 Å². The number of hydrogen-bond acceptors (Lipinski definition) is 3. The number of nitrogens with one attached hydrogen (secondary N) is 2. The van der Waals surface area contributed by atoms with E-state index < -0.39 is 0 Å². The highest BCUT2D eigenvalue weighted by Crippen LogP contribution is 2.32. The molecule has 0 spiro atoms. The highest BCUT2D eigenvalue weighted by atomic mass is 19.1. The van der Waals surface area contributed by atoms with Crippen molar-refractivity contribution in [1.29, 1.82) is 0 Å². The minimum absolute atomic E-state index is 0.158. The van der Waals surface area contributed by atoms with Crippen molar-refractivity contribution in [3.63, 3.8) is 0 Å². The molecule has 3 rings (SSSR count). The van der Waals surface area contributed by atoms with Crippen LogP contribution >= 0.6 is 0 Å². The molecule has 144 valence electrons. The van der Waals surface area contributed by atoms with E-state index >= 15 is 0 Å². The van der Waals surface area contributed by atoms with Gasteiger partial charge in [0.15, 0.2) is 11.5 Å². The van der Waals surface area contributed by atoms with E-state index in [2.05, 4.69) is 10.6 Å². The average molecular weight is 372 g/mol. The molecule has 1 heterocycles. The minimum Gasteiger partial charge on any atom is -0.486 e. The Balaban J connectivity index is 1.65. The summed E-state index contributed by atoms with van der Waals surface area (Å²) in [5, 5.41) is 5.94. The van der Waals surface area contributed by atoms with Gasteiger partial charge in [-0.2, -0.15) is 0 Å². The van der Waals surface area contributed by atoms with E-state index in [0.717, 1.165) is 16.9 Å². The molecule has 0 bridgehead atoms. The number of amides is 2. The number of ether oxygens (including phenoxy) is 2. The molecular weight excluding hydrogens is 347 g/mol. The van der Waals surface area contributed by atoms with Crippen LogP contribution in [0.1, 0.15) is 44.0 Å². The van der Waals surface area contributed by atoms with Gasteiger partial charge < -0.3 is 20.1 Å². The summed E-state index contributed by atoms with van der Waals surface area (Å²) in [7, 11) is 0. The Bertz CT molecular complexity index is 793. The first kappa shape index (κ1) is 19.0. The van der Waals surface area contributed by atoms with Gasteiger partial charge >= 0.3 is 6.03 Å². The molecule has 1 aliphatic rings. The smallest absolute Gasteiger partial charge is 0.315 e. The fourth-order valence-electron chi connectivity index (χ4n) is 3.10. The van der Waals surface area contributed by atoms with Crippen molar-refractivity contribution in [2.45, 2.75) is 32.9 Å². The summed E-state index contributed by atoms with van der Waals surface area (Å²) in [4.78, 5) is 12.5. The number of carbonyl (C=O) groups excluding carboxylic acids is 1. The van der Waals surface area contributed by atoms with Gasteiger partial charge in [0.25, 0.3) is 0 Å². The van der Waals surface area contributed by atoms with Gasteiger partial charge in [0.1, 0.15) is 19.0 Å². The summed E-state index contributed by atoms with van der Waals surface area (Å²) in [6, 6.07) is 11.2. The van der Waals surface area contributed by atoms with Crippen molar-refractivity contribution in [2.75, 3.05) is 13.2 Å². The topological polar surface area (TPSA) is 59.6 Å². The van der Waals surface area contributed by atoms with Gasteiger partial charge in [-0.15, -0.1) is 0 Å². The number of urea groups is 1. The van der Waals surface area contributed by atoms with Crippen molar-refractivity contribution >= 4 is 6.03 Å². The van der Waals surface area contributed by atoms with Gasteiger partial charge in [0.2, 0.25) is 0 Å². The minimum atomic E-state index is -0.294. The van der Waals surface area contributed by atoms with Crippen LogP contribution in [-0.4, -0.2) is 19.2 Å². The molecule has 0 aliphatic carbocycles. The second-order valence-corrected chi connectivity index (χ2v) is 7.02. The van der Waals surface area contributed by atoms with Gasteiger partial charge in [-0.1, -0.05) is 32.0 Å². The zero-order chi connectivity index (χ0) is 19.4. The molecule has 0 saturated carbocycles. The zero-order valence-corrected chi connectivity index (χ0v) is 15.8. The third-order valence-electron chi connectivity index (χ3n) is 4.60. The van der Waals surface area contributed by atoms with Crippen molar-refractivity contribution in [3.05, 3.63) is 59.4 Å². The number of benzene rings is 2. The van der Waals surface area contributed by atoms with E-state index in [1.165, 1.54) is 12.1 Å². The first-order valence-electron chi connectivity index (χ1n) is 9.16. The largest absolute Gasteiger partial charge is 0.486 e.